The van der Waals surface area contributed by atoms with Crippen LogP contribution in [0.25, 0.3) is 0 Å². The van der Waals surface area contributed by atoms with Gasteiger partial charge in [-0.05, 0) is 37.9 Å². The number of carbonyl (C=O) groups excluding carboxylic acids is 1. The molecule has 8 nitrogen and oxygen atoms in total. The van der Waals surface area contributed by atoms with Gasteiger partial charge >= 0.3 is 0 Å². The van der Waals surface area contributed by atoms with E-state index in [1.807, 2.05) is 5.38 Å². The third kappa shape index (κ3) is 5.74. The number of nitrogens with one attached hydrogen (secondary N) is 2. The van der Waals surface area contributed by atoms with Gasteiger partial charge in [0.1, 0.15) is 5.69 Å². The van der Waals surface area contributed by atoms with E-state index in [2.05, 4.69) is 27.4 Å². The standard InChI is InChI=1S/C19H25N5O3S/c1-14-7-10-23(11-8-14)12-15-13-28-19(21-15)22-18(25)6-9-20-16-4-2-3-5-17(16)24(26)27/h2-5,13-14,20H,6-12H2,1H3,(H,21,22,25). The van der Waals surface area contributed by atoms with E-state index < -0.39 is 4.92 Å². The molecule has 1 aliphatic heterocycles. The summed E-state index contributed by atoms with van der Waals surface area (Å²) in [6.45, 7) is 5.60. The quantitative estimate of drug-likeness (QED) is 0.515. The number of piperidine rings is 1. The van der Waals surface area contributed by atoms with Crippen LogP contribution in [-0.2, 0) is 11.3 Å². The fourth-order valence-electron chi connectivity index (χ4n) is 3.16. The number of hydrogen-bond donors (Lipinski definition) is 2. The van der Waals surface area contributed by atoms with E-state index in [1.54, 1.807) is 18.2 Å². The van der Waals surface area contributed by atoms with Gasteiger partial charge in [-0.3, -0.25) is 19.8 Å². The molecule has 1 aliphatic rings. The number of anilines is 2. The van der Waals surface area contributed by atoms with Crippen molar-refractivity contribution < 1.29 is 9.72 Å². The minimum absolute atomic E-state index is 0.000389. The van der Waals surface area contributed by atoms with Crippen LogP contribution in [-0.4, -0.2) is 40.3 Å². The highest BCUT2D eigenvalue weighted by molar-refractivity contribution is 7.13. The number of likely N-dealkylation sites (tertiary alicyclic amines) is 1. The van der Waals surface area contributed by atoms with Gasteiger partial charge < -0.3 is 10.6 Å². The van der Waals surface area contributed by atoms with Crippen molar-refractivity contribution in [2.75, 3.05) is 30.3 Å². The molecule has 1 saturated heterocycles. The average Bonchev–Trinajstić information content (AvgIpc) is 3.10. The molecular formula is C19H25N5O3S. The van der Waals surface area contributed by atoms with Gasteiger partial charge in [0, 0.05) is 31.0 Å². The van der Waals surface area contributed by atoms with Gasteiger partial charge in [0.25, 0.3) is 5.69 Å². The predicted octanol–water partition coefficient (Wildman–Crippen LogP) is 3.72. The van der Waals surface area contributed by atoms with Crippen molar-refractivity contribution in [3.8, 4) is 0 Å². The Balaban J connectivity index is 1.43. The molecule has 0 spiro atoms. The van der Waals surface area contributed by atoms with Gasteiger partial charge in [0.15, 0.2) is 5.13 Å². The minimum Gasteiger partial charge on any atom is -0.379 e. The van der Waals surface area contributed by atoms with E-state index in [0.29, 0.717) is 17.4 Å². The van der Waals surface area contributed by atoms with Crippen molar-refractivity contribution in [1.82, 2.24) is 9.88 Å². The Kier molecular flexibility index (Phi) is 6.94. The van der Waals surface area contributed by atoms with Crippen LogP contribution < -0.4 is 10.6 Å². The second kappa shape index (κ2) is 9.61. The van der Waals surface area contributed by atoms with Gasteiger partial charge in [0.05, 0.1) is 10.6 Å². The summed E-state index contributed by atoms with van der Waals surface area (Å²) in [6, 6.07) is 6.39. The van der Waals surface area contributed by atoms with E-state index >= 15 is 0 Å². The fourth-order valence-corrected chi connectivity index (χ4v) is 3.88. The van der Waals surface area contributed by atoms with Crippen LogP contribution in [0.1, 0.15) is 31.9 Å². The summed E-state index contributed by atoms with van der Waals surface area (Å²) in [5.74, 6) is 0.631. The fraction of sp³-hybridized carbons (Fsp3) is 0.474. The third-order valence-electron chi connectivity index (χ3n) is 4.83. The molecule has 2 heterocycles. The van der Waals surface area contributed by atoms with E-state index in [0.717, 1.165) is 31.2 Å². The lowest BCUT2D eigenvalue weighted by Gasteiger charge is -2.29. The van der Waals surface area contributed by atoms with Crippen molar-refractivity contribution in [1.29, 1.82) is 0 Å². The highest BCUT2D eigenvalue weighted by Gasteiger charge is 2.17. The number of para-hydroxylation sites is 2. The number of rotatable bonds is 8. The summed E-state index contributed by atoms with van der Waals surface area (Å²) in [6.07, 6.45) is 2.64. The van der Waals surface area contributed by atoms with Crippen LogP contribution in [0.2, 0.25) is 0 Å². The summed E-state index contributed by atoms with van der Waals surface area (Å²) in [4.78, 5) is 29.6. The molecule has 2 aromatic rings. The molecule has 0 aliphatic carbocycles. The zero-order valence-corrected chi connectivity index (χ0v) is 16.7. The Morgan fingerprint density at radius 1 is 1.36 bits per heavy atom. The average molecular weight is 404 g/mol. The maximum atomic E-state index is 12.1. The molecule has 150 valence electrons. The largest absolute Gasteiger partial charge is 0.379 e. The van der Waals surface area contributed by atoms with E-state index in [4.69, 9.17) is 0 Å². The molecule has 2 N–H and O–H groups in total. The number of amides is 1. The summed E-state index contributed by atoms with van der Waals surface area (Å²) >= 11 is 1.42. The van der Waals surface area contributed by atoms with Gasteiger partial charge in [0.2, 0.25) is 5.91 Å². The first-order chi connectivity index (χ1) is 13.5. The first kappa shape index (κ1) is 20.2. The summed E-state index contributed by atoms with van der Waals surface area (Å²) in [5.41, 5.74) is 1.39. The van der Waals surface area contributed by atoms with Crippen LogP contribution in [0.3, 0.4) is 0 Å². The summed E-state index contributed by atoms with van der Waals surface area (Å²) in [5, 5.41) is 19.3. The molecule has 0 radical (unpaired) electrons. The van der Waals surface area contributed by atoms with E-state index in [1.165, 1.54) is 30.2 Å². The van der Waals surface area contributed by atoms with Crippen molar-refractivity contribution in [2.45, 2.75) is 32.7 Å². The highest BCUT2D eigenvalue weighted by atomic mass is 32.1. The van der Waals surface area contributed by atoms with Crippen LogP contribution in [0.4, 0.5) is 16.5 Å². The lowest BCUT2D eigenvalue weighted by molar-refractivity contribution is -0.384. The van der Waals surface area contributed by atoms with Gasteiger partial charge in [-0.1, -0.05) is 19.1 Å². The molecule has 0 bridgehead atoms. The molecule has 1 aromatic heterocycles. The van der Waals surface area contributed by atoms with Crippen LogP contribution in [0.15, 0.2) is 29.6 Å². The molecule has 0 saturated carbocycles. The number of hydrogen-bond acceptors (Lipinski definition) is 7. The van der Waals surface area contributed by atoms with Crippen LogP contribution in [0, 0.1) is 16.0 Å². The van der Waals surface area contributed by atoms with Crippen LogP contribution >= 0.6 is 11.3 Å². The topological polar surface area (TPSA) is 100 Å². The molecule has 28 heavy (non-hydrogen) atoms. The van der Waals surface area contributed by atoms with Crippen molar-refractivity contribution >= 4 is 33.8 Å². The second-order valence-corrected chi connectivity index (χ2v) is 7.96. The molecule has 0 atom stereocenters. The van der Waals surface area contributed by atoms with Crippen molar-refractivity contribution in [2.24, 2.45) is 5.92 Å². The number of nitrogens with zero attached hydrogens (tertiary/aromatic N) is 3. The Bertz CT molecular complexity index is 817. The Hall–Kier alpha value is -2.52. The molecule has 0 unspecified atom stereocenters. The number of thiazole rings is 1. The number of aromatic nitrogens is 1. The number of nitro benzene ring substituents is 1. The molecular weight excluding hydrogens is 378 g/mol. The van der Waals surface area contributed by atoms with Gasteiger partial charge in [-0.25, -0.2) is 4.98 Å². The van der Waals surface area contributed by atoms with Crippen molar-refractivity contribution in [3.63, 3.8) is 0 Å². The van der Waals surface area contributed by atoms with Gasteiger partial charge in [-0.2, -0.15) is 0 Å². The maximum Gasteiger partial charge on any atom is 0.292 e. The monoisotopic (exact) mass is 403 g/mol. The van der Waals surface area contributed by atoms with E-state index in [9.17, 15) is 14.9 Å². The zero-order valence-electron chi connectivity index (χ0n) is 15.9. The zero-order chi connectivity index (χ0) is 19.9. The molecule has 1 amide bonds. The SMILES string of the molecule is CC1CCN(Cc2csc(NC(=O)CCNc3ccccc3[N+](=O)[O-])n2)CC1. The second-order valence-electron chi connectivity index (χ2n) is 7.10. The predicted molar refractivity (Wildman–Crippen MR) is 111 cm³/mol. The Morgan fingerprint density at radius 2 is 2.11 bits per heavy atom. The first-order valence-corrected chi connectivity index (χ1v) is 10.3. The highest BCUT2D eigenvalue weighted by Crippen LogP contribution is 2.23. The molecule has 1 aromatic carbocycles. The maximum absolute atomic E-state index is 12.1. The third-order valence-corrected chi connectivity index (χ3v) is 5.63. The molecule has 1 fully saturated rings. The first-order valence-electron chi connectivity index (χ1n) is 9.45. The summed E-state index contributed by atoms with van der Waals surface area (Å²) < 4.78 is 0. The molecule has 3 rings (SSSR count). The normalized spacial score (nSPS) is 15.3. The Labute approximate surface area is 168 Å². The summed E-state index contributed by atoms with van der Waals surface area (Å²) in [7, 11) is 0. The smallest absolute Gasteiger partial charge is 0.292 e. The Morgan fingerprint density at radius 3 is 2.86 bits per heavy atom. The lowest BCUT2D eigenvalue weighted by Crippen LogP contribution is -2.32. The minimum atomic E-state index is -0.442. The molecule has 9 heteroatoms. The van der Waals surface area contributed by atoms with Crippen LogP contribution in [0.5, 0.6) is 0 Å². The number of nitro groups is 1. The van der Waals surface area contributed by atoms with Gasteiger partial charge in [-0.15, -0.1) is 11.3 Å². The number of benzene rings is 1. The lowest BCUT2D eigenvalue weighted by atomic mass is 9.99. The number of carbonyl (C=O) groups is 1. The van der Waals surface area contributed by atoms with E-state index in [-0.39, 0.29) is 18.0 Å². The van der Waals surface area contributed by atoms with Crippen molar-refractivity contribution in [3.05, 3.63) is 45.5 Å².